The number of hydrogen-bond acceptors (Lipinski definition) is 5. The van der Waals surface area contributed by atoms with Crippen LogP contribution in [-0.4, -0.2) is 27.7 Å². The first-order valence-corrected chi connectivity index (χ1v) is 9.15. The van der Waals surface area contributed by atoms with E-state index in [4.69, 9.17) is 4.74 Å². The molecule has 1 unspecified atom stereocenters. The van der Waals surface area contributed by atoms with Crippen LogP contribution in [0.5, 0.6) is 5.75 Å². The number of carboxylic acid groups (broad SMARTS) is 1. The Morgan fingerprint density at radius 2 is 2.04 bits per heavy atom. The number of nitrogens with zero attached hydrogens (tertiary/aromatic N) is 2. The van der Waals surface area contributed by atoms with Gasteiger partial charge in [0, 0.05) is 11.3 Å². The fourth-order valence-corrected chi connectivity index (χ4v) is 3.80. The second-order valence-corrected chi connectivity index (χ2v) is 7.14. The van der Waals surface area contributed by atoms with E-state index in [0.717, 1.165) is 22.6 Å². The second kappa shape index (κ2) is 7.29. The lowest BCUT2D eigenvalue weighted by atomic mass is 10.1. The van der Waals surface area contributed by atoms with Gasteiger partial charge in [-0.3, -0.25) is 9.36 Å². The summed E-state index contributed by atoms with van der Waals surface area (Å²) in [6.07, 6.45) is 1.18. The number of hydrogen-bond donors (Lipinski definition) is 1. The average molecular weight is 372 g/mol. The van der Waals surface area contributed by atoms with Crippen molar-refractivity contribution in [3.05, 3.63) is 57.0 Å². The summed E-state index contributed by atoms with van der Waals surface area (Å²) in [5.41, 5.74) is 0.625. The molecule has 0 aliphatic heterocycles. The van der Waals surface area contributed by atoms with E-state index in [9.17, 15) is 14.7 Å². The number of aromatic nitrogens is 2. The first kappa shape index (κ1) is 18.1. The van der Waals surface area contributed by atoms with Gasteiger partial charge in [0.2, 0.25) is 0 Å². The van der Waals surface area contributed by atoms with E-state index >= 15 is 0 Å². The Bertz CT molecular complexity index is 1000. The molecule has 0 saturated heterocycles. The topological polar surface area (TPSA) is 81.4 Å². The van der Waals surface area contributed by atoms with Gasteiger partial charge in [-0.05, 0) is 37.1 Å². The molecule has 136 valence electrons. The number of methoxy groups -OCH3 is 1. The summed E-state index contributed by atoms with van der Waals surface area (Å²) < 4.78 is 6.45. The predicted octanol–water partition coefficient (Wildman–Crippen LogP) is 3.27. The Kier molecular flexibility index (Phi) is 5.08. The van der Waals surface area contributed by atoms with Gasteiger partial charge in [0.25, 0.3) is 5.56 Å². The van der Waals surface area contributed by atoms with Crippen molar-refractivity contribution in [1.29, 1.82) is 0 Å². The van der Waals surface area contributed by atoms with E-state index in [1.807, 2.05) is 37.3 Å². The maximum Gasteiger partial charge on any atom is 0.326 e. The standard InChI is InChI=1S/C19H20N2O4S/c1-4-14-10-15-17(26-14)20-16(21(18(15)22)11(2)19(23)24)9-12-5-7-13(25-3)8-6-12/h5-8,10-11H,4,9H2,1-3H3,(H,23,24). The number of thiophene rings is 1. The molecule has 1 aromatic carbocycles. The zero-order chi connectivity index (χ0) is 18.8. The van der Waals surface area contributed by atoms with Crippen LogP contribution in [0.1, 0.15) is 36.2 Å². The monoisotopic (exact) mass is 372 g/mol. The van der Waals surface area contributed by atoms with Gasteiger partial charge in [0.05, 0.1) is 12.5 Å². The van der Waals surface area contributed by atoms with E-state index in [-0.39, 0.29) is 5.56 Å². The highest BCUT2D eigenvalue weighted by Crippen LogP contribution is 2.24. The number of carbonyl (C=O) groups is 1. The summed E-state index contributed by atoms with van der Waals surface area (Å²) in [7, 11) is 1.60. The van der Waals surface area contributed by atoms with Gasteiger partial charge in [0.1, 0.15) is 22.4 Å². The van der Waals surface area contributed by atoms with Gasteiger partial charge in [-0.25, -0.2) is 9.78 Å². The van der Waals surface area contributed by atoms with Gasteiger partial charge in [-0.15, -0.1) is 11.3 Å². The lowest BCUT2D eigenvalue weighted by Gasteiger charge is -2.16. The van der Waals surface area contributed by atoms with Gasteiger partial charge >= 0.3 is 5.97 Å². The van der Waals surface area contributed by atoms with Crippen molar-refractivity contribution in [2.75, 3.05) is 7.11 Å². The Morgan fingerprint density at radius 3 is 2.62 bits per heavy atom. The lowest BCUT2D eigenvalue weighted by molar-refractivity contribution is -0.140. The zero-order valence-electron chi connectivity index (χ0n) is 14.9. The maximum absolute atomic E-state index is 13.0. The number of aryl methyl sites for hydroxylation is 1. The fraction of sp³-hybridized carbons (Fsp3) is 0.316. The smallest absolute Gasteiger partial charge is 0.326 e. The molecular formula is C19H20N2O4S. The predicted molar refractivity (Wildman–Crippen MR) is 101 cm³/mol. The van der Waals surface area contributed by atoms with E-state index in [1.165, 1.54) is 22.8 Å². The van der Waals surface area contributed by atoms with Crippen LogP contribution in [0.2, 0.25) is 0 Å². The quantitative estimate of drug-likeness (QED) is 0.718. The molecule has 0 radical (unpaired) electrons. The van der Waals surface area contributed by atoms with Crippen molar-refractivity contribution in [3.8, 4) is 5.75 Å². The first-order chi connectivity index (χ1) is 12.4. The molecule has 2 heterocycles. The van der Waals surface area contributed by atoms with Crippen molar-refractivity contribution in [2.24, 2.45) is 0 Å². The molecule has 1 atom stereocenters. The fourth-order valence-electron chi connectivity index (χ4n) is 2.82. The van der Waals surface area contributed by atoms with Crippen LogP contribution in [0.15, 0.2) is 35.1 Å². The molecule has 3 aromatic rings. The Morgan fingerprint density at radius 1 is 1.35 bits per heavy atom. The van der Waals surface area contributed by atoms with Gasteiger partial charge in [-0.1, -0.05) is 19.1 Å². The summed E-state index contributed by atoms with van der Waals surface area (Å²) in [5.74, 6) is 0.126. The molecule has 1 N–H and O–H groups in total. The minimum Gasteiger partial charge on any atom is -0.497 e. The number of fused-ring (bicyclic) bond motifs is 1. The summed E-state index contributed by atoms with van der Waals surface area (Å²) in [5, 5.41) is 9.93. The molecule has 26 heavy (non-hydrogen) atoms. The third-order valence-corrected chi connectivity index (χ3v) is 5.51. The minimum absolute atomic E-state index is 0.302. The van der Waals surface area contributed by atoms with Crippen molar-refractivity contribution >= 4 is 27.5 Å². The maximum atomic E-state index is 13.0. The second-order valence-electron chi connectivity index (χ2n) is 6.03. The van der Waals surface area contributed by atoms with Gasteiger partial charge in [0.15, 0.2) is 0 Å². The van der Waals surface area contributed by atoms with E-state index in [0.29, 0.717) is 22.5 Å². The lowest BCUT2D eigenvalue weighted by Crippen LogP contribution is -2.31. The van der Waals surface area contributed by atoms with Crippen LogP contribution in [0.3, 0.4) is 0 Å². The highest BCUT2D eigenvalue weighted by Gasteiger charge is 2.22. The van der Waals surface area contributed by atoms with Gasteiger partial charge < -0.3 is 9.84 Å². The summed E-state index contributed by atoms with van der Waals surface area (Å²) >= 11 is 1.48. The third-order valence-electron chi connectivity index (χ3n) is 4.34. The average Bonchev–Trinajstić information content (AvgIpc) is 3.05. The van der Waals surface area contributed by atoms with E-state index < -0.39 is 12.0 Å². The van der Waals surface area contributed by atoms with Crippen molar-refractivity contribution in [2.45, 2.75) is 32.7 Å². The number of benzene rings is 1. The number of ether oxygens (including phenoxy) is 1. The van der Waals surface area contributed by atoms with Crippen LogP contribution in [-0.2, 0) is 17.6 Å². The molecule has 7 heteroatoms. The summed E-state index contributed by atoms with van der Waals surface area (Å²) in [6.45, 7) is 3.52. The Hall–Kier alpha value is -2.67. The van der Waals surface area contributed by atoms with Crippen LogP contribution in [0.25, 0.3) is 10.2 Å². The van der Waals surface area contributed by atoms with Crippen LogP contribution < -0.4 is 10.3 Å². The molecule has 0 bridgehead atoms. The van der Waals surface area contributed by atoms with E-state index in [1.54, 1.807) is 7.11 Å². The van der Waals surface area contributed by atoms with Crippen molar-refractivity contribution in [1.82, 2.24) is 9.55 Å². The van der Waals surface area contributed by atoms with Gasteiger partial charge in [-0.2, -0.15) is 0 Å². The molecule has 2 aromatic heterocycles. The molecule has 0 spiro atoms. The number of carboxylic acids is 1. The first-order valence-electron chi connectivity index (χ1n) is 8.34. The molecule has 0 fully saturated rings. The minimum atomic E-state index is -1.06. The number of rotatable bonds is 6. The Balaban J connectivity index is 2.15. The molecule has 0 aliphatic carbocycles. The third kappa shape index (κ3) is 3.35. The van der Waals surface area contributed by atoms with Crippen LogP contribution in [0.4, 0.5) is 0 Å². The molecule has 3 rings (SSSR count). The molecule has 0 aliphatic rings. The largest absolute Gasteiger partial charge is 0.497 e. The molecular weight excluding hydrogens is 352 g/mol. The van der Waals surface area contributed by atoms with Crippen molar-refractivity contribution in [3.63, 3.8) is 0 Å². The highest BCUT2D eigenvalue weighted by atomic mass is 32.1. The van der Waals surface area contributed by atoms with E-state index in [2.05, 4.69) is 4.98 Å². The Labute approximate surface area is 154 Å². The van der Waals surface area contributed by atoms with Crippen LogP contribution >= 0.6 is 11.3 Å². The summed E-state index contributed by atoms with van der Waals surface area (Å²) in [4.78, 5) is 30.8. The summed E-state index contributed by atoms with van der Waals surface area (Å²) in [6, 6.07) is 8.26. The number of aliphatic carboxylic acids is 1. The molecule has 0 amide bonds. The highest BCUT2D eigenvalue weighted by molar-refractivity contribution is 7.18. The molecule has 6 nitrogen and oxygen atoms in total. The zero-order valence-corrected chi connectivity index (χ0v) is 15.7. The van der Waals surface area contributed by atoms with Crippen molar-refractivity contribution < 1.29 is 14.6 Å². The SMILES string of the molecule is CCc1cc2c(=O)n(C(C)C(=O)O)c(Cc3ccc(OC)cc3)nc2s1. The molecule has 0 saturated carbocycles. The van der Waals surface area contributed by atoms with Crippen LogP contribution in [0, 0.1) is 0 Å². The normalized spacial score (nSPS) is 12.3.